The Hall–Kier alpha value is -2.30. The zero-order chi connectivity index (χ0) is 13.7. The van der Waals surface area contributed by atoms with Crippen LogP contribution in [-0.2, 0) is 6.42 Å². The van der Waals surface area contributed by atoms with Gasteiger partial charge in [-0.3, -0.25) is 9.78 Å². The van der Waals surface area contributed by atoms with Gasteiger partial charge in [-0.1, -0.05) is 6.07 Å². The standard InChI is InChI=1S/C14H13FN2O2/c1-2-19-14-13(15)11(6-8-17-14)12(18)9-10-5-3-4-7-16-10/h3-8H,2,9H2,1H3. The van der Waals surface area contributed by atoms with E-state index in [1.54, 1.807) is 31.3 Å². The number of hydrogen-bond acceptors (Lipinski definition) is 4. The highest BCUT2D eigenvalue weighted by Crippen LogP contribution is 2.18. The summed E-state index contributed by atoms with van der Waals surface area (Å²) in [5.41, 5.74) is 0.575. The van der Waals surface area contributed by atoms with Crippen LogP contribution in [-0.4, -0.2) is 22.4 Å². The van der Waals surface area contributed by atoms with E-state index < -0.39 is 5.82 Å². The summed E-state index contributed by atoms with van der Waals surface area (Å²) in [6.07, 6.45) is 3.00. The Morgan fingerprint density at radius 3 is 2.79 bits per heavy atom. The van der Waals surface area contributed by atoms with E-state index in [1.165, 1.54) is 12.3 Å². The molecule has 5 heteroatoms. The molecule has 0 aliphatic rings. The first-order chi connectivity index (χ1) is 9.22. The summed E-state index contributed by atoms with van der Waals surface area (Å²) in [5.74, 6) is -1.21. The van der Waals surface area contributed by atoms with Crippen LogP contribution in [0, 0.1) is 5.82 Å². The Kier molecular flexibility index (Phi) is 4.18. The van der Waals surface area contributed by atoms with Crippen molar-refractivity contribution < 1.29 is 13.9 Å². The molecule has 0 unspecified atom stereocenters. The predicted octanol–water partition coefficient (Wildman–Crippen LogP) is 2.44. The van der Waals surface area contributed by atoms with Gasteiger partial charge in [-0.05, 0) is 25.1 Å². The van der Waals surface area contributed by atoms with Crippen molar-refractivity contribution >= 4 is 5.78 Å². The van der Waals surface area contributed by atoms with E-state index in [0.29, 0.717) is 12.3 Å². The molecule has 0 saturated heterocycles. The second-order valence-corrected chi connectivity index (χ2v) is 3.83. The smallest absolute Gasteiger partial charge is 0.251 e. The van der Waals surface area contributed by atoms with Crippen LogP contribution in [0.1, 0.15) is 23.0 Å². The minimum atomic E-state index is -0.717. The summed E-state index contributed by atoms with van der Waals surface area (Å²) in [5, 5.41) is 0. The van der Waals surface area contributed by atoms with Crippen molar-refractivity contribution in [1.29, 1.82) is 0 Å². The van der Waals surface area contributed by atoms with Gasteiger partial charge in [-0.25, -0.2) is 9.37 Å². The molecule has 0 aliphatic heterocycles. The molecular weight excluding hydrogens is 247 g/mol. The van der Waals surface area contributed by atoms with Crippen LogP contribution in [0.5, 0.6) is 5.88 Å². The van der Waals surface area contributed by atoms with Crippen molar-refractivity contribution in [3.63, 3.8) is 0 Å². The van der Waals surface area contributed by atoms with Crippen molar-refractivity contribution in [1.82, 2.24) is 9.97 Å². The van der Waals surface area contributed by atoms with E-state index in [9.17, 15) is 9.18 Å². The minimum absolute atomic E-state index is 0.0240. The minimum Gasteiger partial charge on any atom is -0.476 e. The molecule has 0 bridgehead atoms. The molecule has 2 aromatic heterocycles. The molecule has 2 aromatic rings. The molecule has 0 fully saturated rings. The van der Waals surface area contributed by atoms with Gasteiger partial charge in [0.05, 0.1) is 18.6 Å². The highest BCUT2D eigenvalue weighted by atomic mass is 19.1. The molecule has 0 atom stereocenters. The molecule has 98 valence electrons. The van der Waals surface area contributed by atoms with Crippen LogP contribution in [0.2, 0.25) is 0 Å². The number of hydrogen-bond donors (Lipinski definition) is 0. The Morgan fingerprint density at radius 2 is 2.11 bits per heavy atom. The first kappa shape index (κ1) is 13.1. The number of pyridine rings is 2. The highest BCUT2D eigenvalue weighted by Gasteiger charge is 2.17. The molecular formula is C14H13FN2O2. The number of ether oxygens (including phenoxy) is 1. The molecule has 4 nitrogen and oxygen atoms in total. The van der Waals surface area contributed by atoms with E-state index >= 15 is 0 Å². The average molecular weight is 260 g/mol. The van der Waals surface area contributed by atoms with Gasteiger partial charge in [0.1, 0.15) is 0 Å². The van der Waals surface area contributed by atoms with E-state index in [4.69, 9.17) is 4.74 Å². The molecule has 2 rings (SSSR count). The molecule has 0 aliphatic carbocycles. The second-order valence-electron chi connectivity index (χ2n) is 3.83. The third kappa shape index (κ3) is 3.13. The molecule has 0 amide bonds. The van der Waals surface area contributed by atoms with Gasteiger partial charge >= 0.3 is 0 Å². The van der Waals surface area contributed by atoms with Crippen molar-refractivity contribution in [2.24, 2.45) is 0 Å². The molecule has 19 heavy (non-hydrogen) atoms. The number of ketones is 1. The highest BCUT2D eigenvalue weighted by molar-refractivity contribution is 5.97. The largest absolute Gasteiger partial charge is 0.476 e. The Balaban J connectivity index is 2.22. The molecule has 0 aromatic carbocycles. The van der Waals surface area contributed by atoms with Crippen LogP contribution < -0.4 is 4.74 Å². The zero-order valence-corrected chi connectivity index (χ0v) is 10.5. The summed E-state index contributed by atoms with van der Waals surface area (Å²) in [6.45, 7) is 2.02. The predicted molar refractivity (Wildman–Crippen MR) is 67.6 cm³/mol. The normalized spacial score (nSPS) is 10.2. The first-order valence-electron chi connectivity index (χ1n) is 5.92. The first-order valence-corrected chi connectivity index (χ1v) is 5.92. The van der Waals surface area contributed by atoms with Crippen LogP contribution >= 0.6 is 0 Å². The Morgan fingerprint density at radius 1 is 1.26 bits per heavy atom. The molecule has 0 saturated carbocycles. The van der Waals surface area contributed by atoms with Crippen LogP contribution in [0.3, 0.4) is 0 Å². The number of Topliss-reactive ketones (excluding diaryl/α,β-unsaturated/α-hetero) is 1. The van der Waals surface area contributed by atoms with Gasteiger partial charge in [-0.2, -0.15) is 0 Å². The fourth-order valence-corrected chi connectivity index (χ4v) is 1.64. The van der Waals surface area contributed by atoms with E-state index in [0.717, 1.165) is 0 Å². The molecule has 0 spiro atoms. The number of nitrogens with zero attached hydrogens (tertiary/aromatic N) is 2. The van der Waals surface area contributed by atoms with Crippen LogP contribution in [0.15, 0.2) is 36.7 Å². The third-order valence-electron chi connectivity index (χ3n) is 2.51. The van der Waals surface area contributed by atoms with Gasteiger partial charge in [0, 0.05) is 18.1 Å². The SMILES string of the molecule is CCOc1nccc(C(=O)Cc2ccccn2)c1F. The molecule has 0 radical (unpaired) electrons. The number of aromatic nitrogens is 2. The summed E-state index contributed by atoms with van der Waals surface area (Å²) in [4.78, 5) is 19.8. The number of halogens is 1. The quantitative estimate of drug-likeness (QED) is 0.775. The number of carbonyl (C=O) groups excluding carboxylic acids is 1. The van der Waals surface area contributed by atoms with E-state index in [-0.39, 0.29) is 23.6 Å². The van der Waals surface area contributed by atoms with Gasteiger partial charge < -0.3 is 4.74 Å². The van der Waals surface area contributed by atoms with Gasteiger partial charge in [0.2, 0.25) is 0 Å². The fourth-order valence-electron chi connectivity index (χ4n) is 1.64. The van der Waals surface area contributed by atoms with E-state index in [1.807, 2.05) is 0 Å². The Labute approximate surface area is 110 Å². The Bertz CT molecular complexity index is 573. The lowest BCUT2D eigenvalue weighted by molar-refractivity contribution is 0.0986. The maximum Gasteiger partial charge on any atom is 0.251 e. The maximum atomic E-state index is 14.0. The summed E-state index contributed by atoms with van der Waals surface area (Å²) in [7, 11) is 0. The van der Waals surface area contributed by atoms with Gasteiger partial charge in [0.15, 0.2) is 11.6 Å². The van der Waals surface area contributed by atoms with Crippen molar-refractivity contribution in [3.05, 3.63) is 53.7 Å². The molecule has 0 N–H and O–H groups in total. The lowest BCUT2D eigenvalue weighted by atomic mass is 10.1. The summed E-state index contributed by atoms with van der Waals surface area (Å²) >= 11 is 0. The lowest BCUT2D eigenvalue weighted by Gasteiger charge is -2.06. The van der Waals surface area contributed by atoms with Crippen LogP contribution in [0.4, 0.5) is 4.39 Å². The maximum absolute atomic E-state index is 14.0. The number of rotatable bonds is 5. The van der Waals surface area contributed by atoms with Crippen molar-refractivity contribution in [3.8, 4) is 5.88 Å². The van der Waals surface area contributed by atoms with E-state index in [2.05, 4.69) is 9.97 Å². The van der Waals surface area contributed by atoms with Crippen molar-refractivity contribution in [2.75, 3.05) is 6.61 Å². The van der Waals surface area contributed by atoms with Gasteiger partial charge in [0.25, 0.3) is 5.88 Å². The number of carbonyl (C=O) groups is 1. The third-order valence-corrected chi connectivity index (χ3v) is 2.51. The summed E-state index contributed by atoms with van der Waals surface area (Å²) in [6, 6.07) is 6.61. The monoisotopic (exact) mass is 260 g/mol. The topological polar surface area (TPSA) is 52.1 Å². The zero-order valence-electron chi connectivity index (χ0n) is 10.5. The van der Waals surface area contributed by atoms with Crippen molar-refractivity contribution in [2.45, 2.75) is 13.3 Å². The molecule has 2 heterocycles. The lowest BCUT2D eigenvalue weighted by Crippen LogP contribution is -2.09. The fraction of sp³-hybridized carbons (Fsp3) is 0.214. The van der Waals surface area contributed by atoms with Gasteiger partial charge in [-0.15, -0.1) is 0 Å². The average Bonchev–Trinajstić information content (AvgIpc) is 2.42. The summed E-state index contributed by atoms with van der Waals surface area (Å²) < 4.78 is 19.0. The second kappa shape index (κ2) is 6.04. The van der Waals surface area contributed by atoms with Crippen LogP contribution in [0.25, 0.3) is 0 Å².